The predicted molar refractivity (Wildman–Crippen MR) is 87.8 cm³/mol. The summed E-state index contributed by atoms with van der Waals surface area (Å²) in [7, 11) is 0. The number of hydrogen-bond acceptors (Lipinski definition) is 6. The van der Waals surface area contributed by atoms with Crippen molar-refractivity contribution in [2.75, 3.05) is 11.5 Å². The molecule has 5 nitrogen and oxygen atoms in total. The molecule has 0 heterocycles. The average Bonchev–Trinajstić information content (AvgIpc) is 2.42. The standard InChI is InChI=1S/C15H18O5S2/c1-9(2)10(16)3-5-21-13-7-12(18)14(8-11(13)17)22-6-4-15(19)20/h7-9H,3-6H2,1-2H3,(H,19,20). The Kier molecular flexibility index (Phi) is 7.61. The zero-order chi connectivity index (χ0) is 16.7. The summed E-state index contributed by atoms with van der Waals surface area (Å²) in [6.07, 6.45) is 2.83. The molecular weight excluding hydrogens is 324 g/mol. The smallest absolute Gasteiger partial charge is 0.304 e. The quantitative estimate of drug-likeness (QED) is 0.644. The number of carbonyl (C=O) groups is 4. The number of Topliss-reactive ketones (excluding diaryl/α,β-unsaturated/α-hetero) is 1. The van der Waals surface area contributed by atoms with E-state index in [0.717, 1.165) is 11.8 Å². The number of thioether (sulfide) groups is 2. The SMILES string of the molecule is CC(C)C(=O)CCSC1=CC(=O)C(SCCC(=O)O)=CC1=O. The minimum atomic E-state index is -0.940. The van der Waals surface area contributed by atoms with E-state index in [1.807, 2.05) is 13.8 Å². The summed E-state index contributed by atoms with van der Waals surface area (Å²) in [6.45, 7) is 3.65. The van der Waals surface area contributed by atoms with E-state index in [4.69, 9.17) is 5.11 Å². The summed E-state index contributed by atoms with van der Waals surface area (Å²) in [6, 6.07) is 0. The molecule has 0 bridgehead atoms. The van der Waals surface area contributed by atoms with Gasteiger partial charge in [-0.25, -0.2) is 0 Å². The Bertz CT molecular complexity index is 546. The molecule has 0 radical (unpaired) electrons. The third-order valence-corrected chi connectivity index (χ3v) is 4.91. The van der Waals surface area contributed by atoms with E-state index in [2.05, 4.69) is 0 Å². The highest BCUT2D eigenvalue weighted by Gasteiger charge is 2.21. The van der Waals surface area contributed by atoms with Gasteiger partial charge in [0.1, 0.15) is 5.78 Å². The Morgan fingerprint density at radius 2 is 1.45 bits per heavy atom. The molecule has 1 rings (SSSR count). The van der Waals surface area contributed by atoms with Gasteiger partial charge < -0.3 is 5.11 Å². The molecule has 0 spiro atoms. The summed E-state index contributed by atoms with van der Waals surface area (Å²) in [5.41, 5.74) is 0. The van der Waals surface area contributed by atoms with Gasteiger partial charge in [0.25, 0.3) is 0 Å². The monoisotopic (exact) mass is 342 g/mol. The molecular formula is C15H18O5S2. The highest BCUT2D eigenvalue weighted by atomic mass is 32.2. The molecule has 0 fully saturated rings. The van der Waals surface area contributed by atoms with E-state index in [-0.39, 0.29) is 40.3 Å². The normalized spacial score (nSPS) is 14.9. The first-order valence-corrected chi connectivity index (χ1v) is 8.80. The lowest BCUT2D eigenvalue weighted by Crippen LogP contribution is -2.12. The van der Waals surface area contributed by atoms with E-state index >= 15 is 0 Å². The molecule has 0 atom stereocenters. The number of ketones is 3. The van der Waals surface area contributed by atoms with Gasteiger partial charge in [0.15, 0.2) is 11.6 Å². The number of carbonyl (C=O) groups excluding carboxylic acids is 3. The van der Waals surface area contributed by atoms with Crippen molar-refractivity contribution in [3.05, 3.63) is 22.0 Å². The van der Waals surface area contributed by atoms with Crippen LogP contribution in [0.1, 0.15) is 26.7 Å². The molecule has 1 aliphatic carbocycles. The second-order valence-corrected chi connectivity index (χ2v) is 7.23. The highest BCUT2D eigenvalue weighted by Crippen LogP contribution is 2.28. The Hall–Kier alpha value is -1.34. The van der Waals surface area contributed by atoms with Gasteiger partial charge in [-0.05, 0) is 0 Å². The number of allylic oxidation sites excluding steroid dienone is 4. The Balaban J connectivity index is 2.50. The minimum Gasteiger partial charge on any atom is -0.481 e. The van der Waals surface area contributed by atoms with Crippen LogP contribution >= 0.6 is 23.5 Å². The highest BCUT2D eigenvalue weighted by molar-refractivity contribution is 8.04. The summed E-state index contributed by atoms with van der Waals surface area (Å²) >= 11 is 2.28. The van der Waals surface area contributed by atoms with E-state index < -0.39 is 5.97 Å². The molecule has 0 aromatic heterocycles. The Labute approximate surface area is 137 Å². The number of hydrogen-bond donors (Lipinski definition) is 1. The third-order valence-electron chi connectivity index (χ3n) is 2.83. The van der Waals surface area contributed by atoms with Crippen LogP contribution in [0.2, 0.25) is 0 Å². The van der Waals surface area contributed by atoms with Crippen molar-refractivity contribution in [3.63, 3.8) is 0 Å². The van der Waals surface area contributed by atoms with Gasteiger partial charge in [-0.15, -0.1) is 23.5 Å². The van der Waals surface area contributed by atoms with Crippen molar-refractivity contribution in [3.8, 4) is 0 Å². The molecule has 0 saturated carbocycles. The number of aliphatic carboxylic acids is 1. The maximum atomic E-state index is 11.9. The number of rotatable bonds is 9. The van der Waals surface area contributed by atoms with E-state index in [1.165, 1.54) is 23.9 Å². The summed E-state index contributed by atoms with van der Waals surface area (Å²) < 4.78 is 0. The number of carboxylic acid groups (broad SMARTS) is 1. The van der Waals surface area contributed by atoms with Gasteiger partial charge in [-0.1, -0.05) is 13.8 Å². The molecule has 0 amide bonds. The fourth-order valence-corrected chi connectivity index (χ4v) is 3.35. The zero-order valence-corrected chi connectivity index (χ0v) is 14.1. The van der Waals surface area contributed by atoms with Crippen LogP contribution in [-0.2, 0) is 19.2 Å². The Morgan fingerprint density at radius 3 is 1.86 bits per heavy atom. The minimum absolute atomic E-state index is 0.0320. The van der Waals surface area contributed by atoms with Crippen LogP contribution < -0.4 is 0 Å². The molecule has 0 aliphatic heterocycles. The summed E-state index contributed by atoms with van der Waals surface area (Å²) in [5.74, 6) is -0.675. The first-order valence-electron chi connectivity index (χ1n) is 6.83. The second-order valence-electron chi connectivity index (χ2n) is 4.96. The largest absolute Gasteiger partial charge is 0.481 e. The molecule has 0 aromatic rings. The van der Waals surface area contributed by atoms with Crippen LogP contribution in [0.4, 0.5) is 0 Å². The van der Waals surface area contributed by atoms with E-state index in [9.17, 15) is 19.2 Å². The van der Waals surface area contributed by atoms with Crippen molar-refractivity contribution >= 4 is 46.8 Å². The molecule has 7 heteroatoms. The van der Waals surface area contributed by atoms with Gasteiger partial charge in [0.05, 0.1) is 16.2 Å². The predicted octanol–water partition coefficient (Wildman–Crippen LogP) is 2.46. The average molecular weight is 342 g/mol. The van der Waals surface area contributed by atoms with Crippen LogP contribution in [0.15, 0.2) is 22.0 Å². The van der Waals surface area contributed by atoms with Crippen LogP contribution in [0.25, 0.3) is 0 Å². The first-order chi connectivity index (χ1) is 10.3. The molecule has 1 aliphatic rings. The Morgan fingerprint density at radius 1 is 1.00 bits per heavy atom. The molecule has 0 saturated heterocycles. The first kappa shape index (κ1) is 18.7. The maximum Gasteiger partial charge on any atom is 0.304 e. The molecule has 1 N–H and O–H groups in total. The fraction of sp³-hybridized carbons (Fsp3) is 0.467. The van der Waals surface area contributed by atoms with E-state index in [0.29, 0.717) is 17.1 Å². The number of carboxylic acids is 1. The van der Waals surface area contributed by atoms with Crippen molar-refractivity contribution < 1.29 is 24.3 Å². The van der Waals surface area contributed by atoms with Crippen LogP contribution in [0.5, 0.6) is 0 Å². The van der Waals surface area contributed by atoms with Crippen LogP contribution in [0, 0.1) is 5.92 Å². The van der Waals surface area contributed by atoms with E-state index in [1.54, 1.807) is 0 Å². The van der Waals surface area contributed by atoms with Gasteiger partial charge in [0, 0.05) is 36.0 Å². The lowest BCUT2D eigenvalue weighted by Gasteiger charge is -2.11. The summed E-state index contributed by atoms with van der Waals surface area (Å²) in [4.78, 5) is 46.4. The third kappa shape index (κ3) is 6.19. The topological polar surface area (TPSA) is 88.5 Å². The molecule has 22 heavy (non-hydrogen) atoms. The molecule has 0 aromatic carbocycles. The lowest BCUT2D eigenvalue weighted by atomic mass is 10.1. The zero-order valence-electron chi connectivity index (χ0n) is 12.5. The van der Waals surface area contributed by atoms with Gasteiger partial charge in [-0.2, -0.15) is 0 Å². The van der Waals surface area contributed by atoms with Gasteiger partial charge in [-0.3, -0.25) is 19.2 Å². The van der Waals surface area contributed by atoms with Gasteiger partial charge >= 0.3 is 5.97 Å². The van der Waals surface area contributed by atoms with Crippen LogP contribution in [-0.4, -0.2) is 39.9 Å². The second kappa shape index (κ2) is 8.95. The molecule has 120 valence electrons. The fourth-order valence-electron chi connectivity index (χ4n) is 1.55. The van der Waals surface area contributed by atoms with Crippen molar-refractivity contribution in [1.82, 2.24) is 0 Å². The van der Waals surface area contributed by atoms with Crippen molar-refractivity contribution in [2.24, 2.45) is 5.92 Å². The van der Waals surface area contributed by atoms with Crippen LogP contribution in [0.3, 0.4) is 0 Å². The summed E-state index contributed by atoms with van der Waals surface area (Å²) in [5, 5.41) is 8.56. The van der Waals surface area contributed by atoms with Gasteiger partial charge in [0.2, 0.25) is 0 Å². The van der Waals surface area contributed by atoms with Crippen molar-refractivity contribution in [1.29, 1.82) is 0 Å². The maximum absolute atomic E-state index is 11.9. The van der Waals surface area contributed by atoms with Crippen molar-refractivity contribution in [2.45, 2.75) is 26.7 Å². The lowest BCUT2D eigenvalue weighted by molar-refractivity contribution is -0.136. The molecule has 0 unspecified atom stereocenters.